The lowest BCUT2D eigenvalue weighted by Gasteiger charge is -2.34. The molecule has 1 fully saturated rings. The number of amides is 1. The Labute approximate surface area is 145 Å². The quantitative estimate of drug-likeness (QED) is 0.762. The van der Waals surface area contributed by atoms with Crippen molar-refractivity contribution in [3.63, 3.8) is 0 Å². The molecule has 1 aliphatic heterocycles. The van der Waals surface area contributed by atoms with E-state index in [4.69, 9.17) is 10.5 Å². The Morgan fingerprint density at radius 3 is 2.29 bits per heavy atom. The SMILES string of the molecule is CCN(CC)Cc1ccc(CNC(=O)C2(CN)CCOCC2)cc1. The van der Waals surface area contributed by atoms with Gasteiger partial charge in [0.1, 0.15) is 0 Å². The summed E-state index contributed by atoms with van der Waals surface area (Å²) in [6.07, 6.45) is 1.41. The van der Waals surface area contributed by atoms with Gasteiger partial charge in [-0.25, -0.2) is 0 Å². The third kappa shape index (κ3) is 4.79. The molecule has 0 radical (unpaired) electrons. The van der Waals surface area contributed by atoms with Crippen molar-refractivity contribution in [1.29, 1.82) is 0 Å². The summed E-state index contributed by atoms with van der Waals surface area (Å²) in [5.41, 5.74) is 7.84. The van der Waals surface area contributed by atoms with Crippen LogP contribution in [0.1, 0.15) is 37.8 Å². The summed E-state index contributed by atoms with van der Waals surface area (Å²) >= 11 is 0. The number of benzene rings is 1. The summed E-state index contributed by atoms with van der Waals surface area (Å²) in [6.45, 7) is 9.59. The van der Waals surface area contributed by atoms with E-state index in [2.05, 4.69) is 48.3 Å². The van der Waals surface area contributed by atoms with E-state index in [0.29, 0.717) is 39.1 Å². The van der Waals surface area contributed by atoms with Crippen LogP contribution < -0.4 is 11.1 Å². The first-order chi connectivity index (χ1) is 11.6. The third-order valence-corrected chi connectivity index (χ3v) is 5.10. The molecule has 1 amide bonds. The Hall–Kier alpha value is -1.43. The van der Waals surface area contributed by atoms with E-state index in [1.54, 1.807) is 0 Å². The molecule has 0 atom stereocenters. The van der Waals surface area contributed by atoms with Crippen molar-refractivity contribution in [1.82, 2.24) is 10.2 Å². The smallest absolute Gasteiger partial charge is 0.227 e. The summed E-state index contributed by atoms with van der Waals surface area (Å²) in [5, 5.41) is 3.06. The number of carbonyl (C=O) groups excluding carboxylic acids is 1. The molecule has 1 aliphatic rings. The standard InChI is InChI=1S/C19H31N3O2/c1-3-22(4-2)14-17-7-5-16(6-8-17)13-21-18(23)19(15-20)9-11-24-12-10-19/h5-8H,3-4,9-15,20H2,1-2H3,(H,21,23). The summed E-state index contributed by atoms with van der Waals surface area (Å²) < 4.78 is 5.36. The highest BCUT2D eigenvalue weighted by atomic mass is 16.5. The molecule has 5 heteroatoms. The highest BCUT2D eigenvalue weighted by Crippen LogP contribution is 2.29. The van der Waals surface area contributed by atoms with Crippen LogP contribution >= 0.6 is 0 Å². The van der Waals surface area contributed by atoms with E-state index in [1.807, 2.05) is 0 Å². The molecule has 3 N–H and O–H groups in total. The van der Waals surface area contributed by atoms with Crippen LogP contribution in [0.5, 0.6) is 0 Å². The minimum Gasteiger partial charge on any atom is -0.381 e. The maximum absolute atomic E-state index is 12.6. The van der Waals surface area contributed by atoms with Crippen molar-refractivity contribution >= 4 is 5.91 Å². The predicted molar refractivity (Wildman–Crippen MR) is 96.5 cm³/mol. The zero-order chi connectivity index (χ0) is 17.4. The van der Waals surface area contributed by atoms with Crippen LogP contribution in [0, 0.1) is 5.41 Å². The number of nitrogens with zero attached hydrogens (tertiary/aromatic N) is 1. The van der Waals surface area contributed by atoms with E-state index < -0.39 is 5.41 Å². The maximum atomic E-state index is 12.6. The van der Waals surface area contributed by atoms with Gasteiger partial charge in [0, 0.05) is 32.8 Å². The van der Waals surface area contributed by atoms with Gasteiger partial charge >= 0.3 is 0 Å². The molecule has 5 nitrogen and oxygen atoms in total. The molecule has 0 bridgehead atoms. The molecule has 134 valence electrons. The van der Waals surface area contributed by atoms with Gasteiger partial charge in [-0.2, -0.15) is 0 Å². The second-order valence-electron chi connectivity index (χ2n) is 6.56. The summed E-state index contributed by atoms with van der Waals surface area (Å²) in [4.78, 5) is 14.9. The molecule has 1 aromatic rings. The van der Waals surface area contributed by atoms with E-state index in [9.17, 15) is 4.79 Å². The summed E-state index contributed by atoms with van der Waals surface area (Å²) in [5.74, 6) is 0.0560. The molecule has 1 heterocycles. The lowest BCUT2D eigenvalue weighted by atomic mass is 9.79. The monoisotopic (exact) mass is 333 g/mol. The number of nitrogens with two attached hydrogens (primary N) is 1. The van der Waals surface area contributed by atoms with Crippen molar-refractivity contribution < 1.29 is 9.53 Å². The van der Waals surface area contributed by atoms with Crippen LogP contribution in [-0.4, -0.2) is 43.7 Å². The molecule has 0 aliphatic carbocycles. The molecular weight excluding hydrogens is 302 g/mol. The van der Waals surface area contributed by atoms with E-state index in [1.165, 1.54) is 5.56 Å². The molecule has 0 saturated carbocycles. The Balaban J connectivity index is 1.88. The minimum absolute atomic E-state index is 0.0560. The zero-order valence-corrected chi connectivity index (χ0v) is 15.0. The molecule has 24 heavy (non-hydrogen) atoms. The lowest BCUT2D eigenvalue weighted by molar-refractivity contribution is -0.136. The molecule has 1 aromatic carbocycles. The topological polar surface area (TPSA) is 67.6 Å². The first-order valence-electron chi connectivity index (χ1n) is 9.00. The second-order valence-corrected chi connectivity index (χ2v) is 6.56. The van der Waals surface area contributed by atoms with Crippen molar-refractivity contribution in [2.24, 2.45) is 11.1 Å². The molecule has 1 saturated heterocycles. The molecule has 0 aromatic heterocycles. The van der Waals surface area contributed by atoms with Crippen molar-refractivity contribution in [2.45, 2.75) is 39.8 Å². The molecule has 0 spiro atoms. The third-order valence-electron chi connectivity index (χ3n) is 5.10. The van der Waals surface area contributed by atoms with Crippen LogP contribution in [0.25, 0.3) is 0 Å². The first-order valence-corrected chi connectivity index (χ1v) is 9.00. The molecule has 2 rings (SSSR count). The Bertz CT molecular complexity index is 506. The molecule has 0 unspecified atom stereocenters. The van der Waals surface area contributed by atoms with Crippen LogP contribution in [0.15, 0.2) is 24.3 Å². The predicted octanol–water partition coefficient (Wildman–Crippen LogP) is 1.90. The number of rotatable bonds is 8. The Morgan fingerprint density at radius 2 is 1.75 bits per heavy atom. The summed E-state index contributed by atoms with van der Waals surface area (Å²) in [6, 6.07) is 8.48. The van der Waals surface area contributed by atoms with Crippen molar-refractivity contribution in [2.75, 3.05) is 32.8 Å². The van der Waals surface area contributed by atoms with Gasteiger partial charge in [0.2, 0.25) is 5.91 Å². The van der Waals surface area contributed by atoms with Crippen molar-refractivity contribution in [3.05, 3.63) is 35.4 Å². The average Bonchev–Trinajstić information content (AvgIpc) is 2.65. The highest BCUT2D eigenvalue weighted by Gasteiger charge is 2.38. The van der Waals surface area contributed by atoms with Gasteiger partial charge in [0.05, 0.1) is 5.41 Å². The van der Waals surface area contributed by atoms with Crippen LogP contribution in [0.3, 0.4) is 0 Å². The largest absolute Gasteiger partial charge is 0.381 e. The van der Waals surface area contributed by atoms with Crippen LogP contribution in [0.4, 0.5) is 0 Å². The number of carbonyl (C=O) groups is 1. The van der Waals surface area contributed by atoms with Gasteiger partial charge in [0.25, 0.3) is 0 Å². The Kier molecular flexibility index (Phi) is 7.21. The number of hydrogen-bond donors (Lipinski definition) is 2. The fourth-order valence-corrected chi connectivity index (χ4v) is 3.12. The summed E-state index contributed by atoms with van der Waals surface area (Å²) in [7, 11) is 0. The minimum atomic E-state index is -0.457. The van der Waals surface area contributed by atoms with Gasteiger partial charge in [-0.1, -0.05) is 38.1 Å². The van der Waals surface area contributed by atoms with Gasteiger partial charge in [-0.3, -0.25) is 9.69 Å². The fraction of sp³-hybridized carbons (Fsp3) is 0.632. The van der Waals surface area contributed by atoms with E-state index >= 15 is 0 Å². The van der Waals surface area contributed by atoms with Crippen LogP contribution in [-0.2, 0) is 22.6 Å². The number of nitrogens with one attached hydrogen (secondary N) is 1. The number of ether oxygens (including phenoxy) is 1. The maximum Gasteiger partial charge on any atom is 0.227 e. The first kappa shape index (κ1) is 18.9. The second kappa shape index (κ2) is 9.16. The molecular formula is C19H31N3O2. The van der Waals surface area contributed by atoms with Gasteiger partial charge in [0.15, 0.2) is 0 Å². The Morgan fingerprint density at radius 1 is 1.17 bits per heavy atom. The van der Waals surface area contributed by atoms with Gasteiger partial charge in [-0.15, -0.1) is 0 Å². The van der Waals surface area contributed by atoms with E-state index in [0.717, 1.165) is 25.2 Å². The van der Waals surface area contributed by atoms with Crippen LogP contribution in [0.2, 0.25) is 0 Å². The normalized spacial score (nSPS) is 17.0. The highest BCUT2D eigenvalue weighted by molar-refractivity contribution is 5.83. The lowest BCUT2D eigenvalue weighted by Crippen LogP contribution is -2.48. The van der Waals surface area contributed by atoms with E-state index in [-0.39, 0.29) is 5.91 Å². The van der Waals surface area contributed by atoms with Gasteiger partial charge in [-0.05, 0) is 37.1 Å². The average molecular weight is 333 g/mol. The fourth-order valence-electron chi connectivity index (χ4n) is 3.12. The zero-order valence-electron chi connectivity index (χ0n) is 15.0. The van der Waals surface area contributed by atoms with Crippen molar-refractivity contribution in [3.8, 4) is 0 Å². The van der Waals surface area contributed by atoms with Gasteiger partial charge < -0.3 is 15.8 Å². The number of hydrogen-bond acceptors (Lipinski definition) is 4.